The molecule has 0 aliphatic carbocycles. The second-order valence-corrected chi connectivity index (χ2v) is 2.85. The van der Waals surface area contributed by atoms with Crippen LogP contribution in [0.25, 0.3) is 0 Å². The van der Waals surface area contributed by atoms with Gasteiger partial charge in [-0.1, -0.05) is 19.1 Å². The van der Waals surface area contributed by atoms with E-state index in [-0.39, 0.29) is 0 Å². The molecule has 1 rings (SSSR count). The summed E-state index contributed by atoms with van der Waals surface area (Å²) in [5.74, 6) is 0. The molecule has 14 heavy (non-hydrogen) atoms. The smallest absolute Gasteiger partial charge is 0.111 e. The van der Waals surface area contributed by atoms with Crippen LogP contribution in [0.4, 0.5) is 5.69 Å². The summed E-state index contributed by atoms with van der Waals surface area (Å²) in [6.45, 7) is 2.14. The zero-order valence-corrected chi connectivity index (χ0v) is 8.57. The van der Waals surface area contributed by atoms with E-state index in [1.807, 2.05) is 12.1 Å². The van der Waals surface area contributed by atoms with Crippen molar-refractivity contribution < 1.29 is 0 Å². The molecule has 3 heteroatoms. The minimum atomic E-state index is 1.04. The number of aliphatic imine (C=N–C) groups is 2. The Morgan fingerprint density at radius 3 is 3.00 bits per heavy atom. The molecule has 0 fully saturated rings. The van der Waals surface area contributed by atoms with E-state index in [0.29, 0.717) is 0 Å². The summed E-state index contributed by atoms with van der Waals surface area (Å²) in [6.07, 6.45) is 4.17. The Bertz CT molecular complexity index is 329. The van der Waals surface area contributed by atoms with E-state index in [0.717, 1.165) is 12.1 Å². The molecule has 3 nitrogen and oxygen atoms in total. The maximum absolute atomic E-state index is 3.91. The van der Waals surface area contributed by atoms with Gasteiger partial charge in [-0.05, 0) is 24.1 Å². The van der Waals surface area contributed by atoms with E-state index in [2.05, 4.69) is 34.4 Å². The molecular weight excluding hydrogens is 174 g/mol. The lowest BCUT2D eigenvalue weighted by atomic mass is 10.1. The van der Waals surface area contributed by atoms with E-state index >= 15 is 0 Å². The van der Waals surface area contributed by atoms with Gasteiger partial charge in [0.1, 0.15) is 6.34 Å². The van der Waals surface area contributed by atoms with Gasteiger partial charge >= 0.3 is 0 Å². The highest BCUT2D eigenvalue weighted by molar-refractivity contribution is 5.81. The summed E-state index contributed by atoms with van der Waals surface area (Å²) in [5.41, 5.74) is 2.37. The lowest BCUT2D eigenvalue weighted by Gasteiger charge is -2.01. The summed E-state index contributed by atoms with van der Waals surface area (Å²) < 4.78 is 0. The van der Waals surface area contributed by atoms with Crippen molar-refractivity contribution in [3.05, 3.63) is 29.8 Å². The number of nitrogens with zero attached hydrogens (tertiary/aromatic N) is 2. The van der Waals surface area contributed by atoms with E-state index in [4.69, 9.17) is 0 Å². The van der Waals surface area contributed by atoms with Crippen LogP contribution in [0, 0.1) is 0 Å². The molecule has 0 radical (unpaired) electrons. The third-order valence-corrected chi connectivity index (χ3v) is 1.82. The lowest BCUT2D eigenvalue weighted by molar-refractivity contribution is 1.14. The number of aryl methyl sites for hydroxylation is 1. The van der Waals surface area contributed by atoms with Gasteiger partial charge in [0.15, 0.2) is 0 Å². The SMILES string of the molecule is CCc1cccc(NC=NC=NC)c1. The van der Waals surface area contributed by atoms with Gasteiger partial charge in [0.05, 0.1) is 6.34 Å². The summed E-state index contributed by atoms with van der Waals surface area (Å²) in [4.78, 5) is 7.65. The Kier molecular flexibility index (Phi) is 4.41. The second kappa shape index (κ2) is 5.91. The number of benzene rings is 1. The lowest BCUT2D eigenvalue weighted by Crippen LogP contribution is -1.95. The maximum atomic E-state index is 3.91. The summed E-state index contributed by atoms with van der Waals surface area (Å²) in [6, 6.07) is 8.25. The van der Waals surface area contributed by atoms with E-state index in [1.165, 1.54) is 11.9 Å². The van der Waals surface area contributed by atoms with Crippen molar-refractivity contribution >= 4 is 18.4 Å². The van der Waals surface area contributed by atoms with Crippen molar-refractivity contribution in [3.8, 4) is 0 Å². The van der Waals surface area contributed by atoms with Crippen LogP contribution < -0.4 is 5.32 Å². The first-order chi connectivity index (χ1) is 6.86. The highest BCUT2D eigenvalue weighted by atomic mass is 15.0. The molecule has 0 aliphatic heterocycles. The standard InChI is InChI=1S/C11H15N3/c1-3-10-5-4-6-11(7-10)14-9-13-8-12-2/h4-9H,3H2,1-2H3,(H,12,13,14). The van der Waals surface area contributed by atoms with Gasteiger partial charge in [0.2, 0.25) is 0 Å². The molecule has 74 valence electrons. The monoisotopic (exact) mass is 189 g/mol. The van der Waals surface area contributed by atoms with Crippen molar-refractivity contribution in [2.24, 2.45) is 9.98 Å². The average Bonchev–Trinajstić information content (AvgIpc) is 2.25. The van der Waals surface area contributed by atoms with E-state index < -0.39 is 0 Å². The van der Waals surface area contributed by atoms with Gasteiger partial charge in [-0.15, -0.1) is 0 Å². The fourth-order valence-electron chi connectivity index (χ4n) is 1.09. The molecular formula is C11H15N3. The molecule has 0 spiro atoms. The zero-order valence-electron chi connectivity index (χ0n) is 8.57. The summed E-state index contributed by atoms with van der Waals surface area (Å²) >= 11 is 0. The Hall–Kier alpha value is -1.64. The number of anilines is 1. The van der Waals surface area contributed by atoms with Crippen LogP contribution in [0.15, 0.2) is 34.3 Å². The minimum absolute atomic E-state index is 1.04. The van der Waals surface area contributed by atoms with Crippen LogP contribution in [0.2, 0.25) is 0 Å². The molecule has 0 atom stereocenters. The predicted molar refractivity (Wildman–Crippen MR) is 62.4 cm³/mol. The quantitative estimate of drug-likeness (QED) is 0.573. The first-order valence-electron chi connectivity index (χ1n) is 4.64. The van der Waals surface area contributed by atoms with Crippen molar-refractivity contribution in [3.63, 3.8) is 0 Å². The van der Waals surface area contributed by atoms with Crippen LogP contribution in [0.1, 0.15) is 12.5 Å². The number of rotatable bonds is 4. The first kappa shape index (κ1) is 10.4. The van der Waals surface area contributed by atoms with Crippen LogP contribution in [0.3, 0.4) is 0 Å². The highest BCUT2D eigenvalue weighted by Crippen LogP contribution is 2.09. The van der Waals surface area contributed by atoms with Gasteiger partial charge in [-0.3, -0.25) is 4.99 Å². The van der Waals surface area contributed by atoms with Gasteiger partial charge in [0.25, 0.3) is 0 Å². The van der Waals surface area contributed by atoms with Crippen molar-refractivity contribution in [1.29, 1.82) is 0 Å². The summed E-state index contributed by atoms with van der Waals surface area (Å²) in [7, 11) is 1.69. The van der Waals surface area contributed by atoms with Crippen LogP contribution in [-0.2, 0) is 6.42 Å². The Morgan fingerprint density at radius 1 is 1.43 bits per heavy atom. The minimum Gasteiger partial charge on any atom is -0.346 e. The normalized spacial score (nSPS) is 11.3. The zero-order chi connectivity index (χ0) is 10.2. The molecule has 1 N–H and O–H groups in total. The van der Waals surface area contributed by atoms with Crippen molar-refractivity contribution in [2.75, 3.05) is 12.4 Å². The first-order valence-corrected chi connectivity index (χ1v) is 4.64. The Balaban J connectivity index is 2.58. The fraction of sp³-hybridized carbons (Fsp3) is 0.273. The predicted octanol–water partition coefficient (Wildman–Crippen LogP) is 2.35. The molecule has 0 bridgehead atoms. The second-order valence-electron chi connectivity index (χ2n) is 2.85. The molecule has 0 aromatic heterocycles. The molecule has 1 aromatic carbocycles. The van der Waals surface area contributed by atoms with E-state index in [1.54, 1.807) is 13.4 Å². The van der Waals surface area contributed by atoms with Gasteiger partial charge < -0.3 is 5.32 Å². The third kappa shape index (κ3) is 3.39. The average molecular weight is 189 g/mol. The van der Waals surface area contributed by atoms with Gasteiger partial charge in [-0.2, -0.15) is 0 Å². The van der Waals surface area contributed by atoms with Gasteiger partial charge in [0, 0.05) is 12.7 Å². The summed E-state index contributed by atoms with van der Waals surface area (Å²) in [5, 5.41) is 3.07. The Morgan fingerprint density at radius 2 is 2.29 bits per heavy atom. The van der Waals surface area contributed by atoms with Crippen LogP contribution >= 0.6 is 0 Å². The van der Waals surface area contributed by atoms with Crippen molar-refractivity contribution in [2.45, 2.75) is 13.3 Å². The number of nitrogens with one attached hydrogen (secondary N) is 1. The maximum Gasteiger partial charge on any atom is 0.111 e. The molecule has 0 saturated carbocycles. The van der Waals surface area contributed by atoms with Crippen molar-refractivity contribution in [1.82, 2.24) is 0 Å². The number of hydrogen-bond donors (Lipinski definition) is 1. The van der Waals surface area contributed by atoms with Gasteiger partial charge in [-0.25, -0.2) is 4.99 Å². The van der Waals surface area contributed by atoms with Crippen LogP contribution in [-0.4, -0.2) is 19.7 Å². The molecule has 0 amide bonds. The van der Waals surface area contributed by atoms with Crippen LogP contribution in [0.5, 0.6) is 0 Å². The third-order valence-electron chi connectivity index (χ3n) is 1.82. The Labute approximate surface area is 84.6 Å². The topological polar surface area (TPSA) is 36.8 Å². The molecule has 0 unspecified atom stereocenters. The molecule has 0 heterocycles. The van der Waals surface area contributed by atoms with E-state index in [9.17, 15) is 0 Å². The fourth-order valence-corrected chi connectivity index (χ4v) is 1.09. The highest BCUT2D eigenvalue weighted by Gasteiger charge is 1.90. The molecule has 0 aliphatic rings. The largest absolute Gasteiger partial charge is 0.346 e. The molecule has 0 saturated heterocycles. The number of hydrogen-bond acceptors (Lipinski definition) is 1. The molecule has 1 aromatic rings.